The van der Waals surface area contributed by atoms with Gasteiger partial charge >= 0.3 is 0 Å². The van der Waals surface area contributed by atoms with Crippen molar-refractivity contribution >= 4 is 55.3 Å². The van der Waals surface area contributed by atoms with Gasteiger partial charge in [0, 0.05) is 47.3 Å². The molecule has 0 bridgehead atoms. The molecule has 1 fully saturated rings. The summed E-state index contributed by atoms with van der Waals surface area (Å²) in [5, 5.41) is 11.8. The molecule has 0 aliphatic heterocycles. The van der Waals surface area contributed by atoms with Crippen molar-refractivity contribution in [1.29, 1.82) is 0 Å². The van der Waals surface area contributed by atoms with Gasteiger partial charge in [-0.3, -0.25) is 18.9 Å². The second-order valence-electron chi connectivity index (χ2n) is 13.3. The summed E-state index contributed by atoms with van der Waals surface area (Å²) in [5.74, 6) is -8.16. The first-order valence-electron chi connectivity index (χ1n) is 16.1. The van der Waals surface area contributed by atoms with Gasteiger partial charge < -0.3 is 10.3 Å². The highest BCUT2D eigenvalue weighted by Crippen LogP contribution is 2.68. The fourth-order valence-corrected chi connectivity index (χ4v) is 8.19. The van der Waals surface area contributed by atoms with E-state index in [4.69, 9.17) is 16.6 Å². The molecule has 2 aliphatic rings. The fraction of sp³-hybridized carbons (Fsp3) is 0.294. The Balaban J connectivity index is 1.26. The summed E-state index contributed by atoms with van der Waals surface area (Å²) in [6.07, 6.45) is -0.810. The number of amides is 1. The highest BCUT2D eigenvalue weighted by Gasteiger charge is 2.67. The van der Waals surface area contributed by atoms with Crippen LogP contribution < -0.4 is 10.0 Å². The number of H-pyrrole nitrogens is 1. The van der Waals surface area contributed by atoms with Crippen molar-refractivity contribution < 1.29 is 39.6 Å². The summed E-state index contributed by atoms with van der Waals surface area (Å²) in [4.78, 5) is 21.6. The van der Waals surface area contributed by atoms with Gasteiger partial charge in [0.2, 0.25) is 15.9 Å². The van der Waals surface area contributed by atoms with Crippen molar-refractivity contribution in [2.75, 3.05) is 11.0 Å². The molecule has 2 unspecified atom stereocenters. The van der Waals surface area contributed by atoms with E-state index in [2.05, 4.69) is 25.2 Å². The van der Waals surface area contributed by atoms with Crippen molar-refractivity contribution in [3.05, 3.63) is 93.5 Å². The fourth-order valence-electron chi connectivity index (χ4n) is 7.45. The number of anilines is 1. The van der Waals surface area contributed by atoms with Gasteiger partial charge in [-0.1, -0.05) is 17.7 Å². The lowest BCUT2D eigenvalue weighted by Crippen LogP contribution is -2.35. The van der Waals surface area contributed by atoms with Gasteiger partial charge in [0.15, 0.2) is 5.82 Å². The molecule has 2 aromatic carbocycles. The lowest BCUT2D eigenvalue weighted by Gasteiger charge is -2.23. The van der Waals surface area contributed by atoms with E-state index in [-0.39, 0.29) is 45.9 Å². The second-order valence-corrected chi connectivity index (χ2v) is 15.4. The van der Waals surface area contributed by atoms with Gasteiger partial charge in [-0.2, -0.15) is 19.0 Å². The van der Waals surface area contributed by atoms with Crippen LogP contribution in [0, 0.1) is 17.6 Å². The summed E-state index contributed by atoms with van der Waals surface area (Å²) in [6.45, 7) is -0.869. The Labute approximate surface area is 301 Å². The van der Waals surface area contributed by atoms with Crippen LogP contribution in [0.5, 0.6) is 0 Å². The number of sulfonamides is 1. The Kier molecular flexibility index (Phi) is 8.06. The van der Waals surface area contributed by atoms with Crippen molar-refractivity contribution in [3.8, 4) is 11.1 Å². The molecule has 276 valence electrons. The third kappa shape index (κ3) is 6.06. The van der Waals surface area contributed by atoms with Gasteiger partial charge in [-0.05, 0) is 54.7 Å². The van der Waals surface area contributed by atoms with Gasteiger partial charge in [0.25, 0.3) is 12.3 Å². The predicted molar refractivity (Wildman–Crippen MR) is 182 cm³/mol. The smallest absolute Gasteiger partial charge is 0.293 e. The van der Waals surface area contributed by atoms with Crippen LogP contribution in [0.15, 0.2) is 48.7 Å². The molecule has 3 atom stereocenters. The summed E-state index contributed by atoms with van der Waals surface area (Å²) in [5.41, 5.74) is -0.0160. The van der Waals surface area contributed by atoms with E-state index in [0.717, 1.165) is 18.4 Å². The second kappa shape index (κ2) is 12.2. The first-order valence-corrected chi connectivity index (χ1v) is 18.4. The Bertz CT molecular complexity index is 2590. The minimum Gasteiger partial charge on any atom is -0.346 e. The summed E-state index contributed by atoms with van der Waals surface area (Å²) >= 11 is 6.57. The third-order valence-electron chi connectivity index (χ3n) is 9.56. The first kappa shape index (κ1) is 35.0. The molecule has 4 aromatic heterocycles. The van der Waals surface area contributed by atoms with E-state index in [9.17, 15) is 30.8 Å². The summed E-state index contributed by atoms with van der Waals surface area (Å²) in [6, 6.07) is 8.16. The number of hydrogen-bond acceptors (Lipinski definition) is 6. The van der Waals surface area contributed by atoms with Crippen molar-refractivity contribution in [2.45, 2.75) is 43.7 Å². The predicted octanol–water partition coefficient (Wildman–Crippen LogP) is 6.86. The number of carbonyl (C=O) groups excluding carboxylic acids is 1. The minimum absolute atomic E-state index is 0.0417. The number of pyridine rings is 1. The number of hydrogen-bond donors (Lipinski definition) is 3. The molecule has 8 rings (SSSR count). The van der Waals surface area contributed by atoms with Gasteiger partial charge in [0.05, 0.1) is 33.9 Å². The monoisotopic (exact) mass is 776 g/mol. The molecule has 4 heterocycles. The minimum atomic E-state index is -3.79. The molecule has 0 saturated heterocycles. The van der Waals surface area contributed by atoms with Gasteiger partial charge in [-0.25, -0.2) is 31.0 Å². The van der Waals surface area contributed by atoms with E-state index < -0.39 is 75.7 Å². The highest BCUT2D eigenvalue weighted by atomic mass is 35.5. The first-order chi connectivity index (χ1) is 25.0. The average molecular weight is 777 g/mol. The zero-order chi connectivity index (χ0) is 37.7. The van der Waals surface area contributed by atoms with Crippen molar-refractivity contribution in [2.24, 2.45) is 13.0 Å². The molecule has 0 radical (unpaired) electrons. The molecule has 1 amide bonds. The number of aromatic nitrogens is 6. The lowest BCUT2D eigenvalue weighted by molar-refractivity contribution is -0.123. The summed E-state index contributed by atoms with van der Waals surface area (Å²) < 4.78 is 116. The number of halogens is 7. The molecule has 0 spiro atoms. The van der Waals surface area contributed by atoms with Crippen LogP contribution in [0.1, 0.15) is 53.0 Å². The molecular formula is C34H27ClF6N8O3S. The topological polar surface area (TPSA) is 140 Å². The lowest BCUT2D eigenvalue weighted by atomic mass is 9.93. The van der Waals surface area contributed by atoms with Crippen LogP contribution in [0.25, 0.3) is 33.1 Å². The molecule has 2 aliphatic carbocycles. The number of rotatable bonds is 10. The van der Waals surface area contributed by atoms with Gasteiger partial charge in [0.1, 0.15) is 35.2 Å². The average Bonchev–Trinajstić information content (AvgIpc) is 3.28. The number of benzene rings is 2. The zero-order valence-corrected chi connectivity index (χ0v) is 29.1. The number of alkyl halides is 4. The molecule has 3 N–H and O–H groups in total. The van der Waals surface area contributed by atoms with Crippen LogP contribution in [-0.4, -0.2) is 50.1 Å². The number of fused-ring (bicyclic) bond motifs is 5. The van der Waals surface area contributed by atoms with Crippen LogP contribution >= 0.6 is 11.6 Å². The third-order valence-corrected chi connectivity index (χ3v) is 10.4. The van der Waals surface area contributed by atoms with Gasteiger partial charge in [-0.15, -0.1) is 0 Å². The number of nitrogens with zero attached hydrogens (tertiary/aromatic N) is 5. The zero-order valence-electron chi connectivity index (χ0n) is 27.6. The number of carbonyl (C=O) groups is 1. The quantitative estimate of drug-likeness (QED) is 0.130. The van der Waals surface area contributed by atoms with Crippen molar-refractivity contribution in [3.63, 3.8) is 0 Å². The Hall–Kier alpha value is -5.10. The number of nitrogens with one attached hydrogen (secondary N) is 3. The van der Waals surface area contributed by atoms with Crippen LogP contribution in [-0.2, 0) is 40.8 Å². The largest absolute Gasteiger partial charge is 0.346 e. The Morgan fingerprint density at radius 1 is 1.08 bits per heavy atom. The Morgan fingerprint density at radius 2 is 1.81 bits per heavy atom. The highest BCUT2D eigenvalue weighted by molar-refractivity contribution is 7.92. The van der Waals surface area contributed by atoms with E-state index in [1.54, 1.807) is 31.4 Å². The normalized spacial score (nSPS) is 18.1. The van der Waals surface area contributed by atoms with Crippen molar-refractivity contribution in [1.82, 2.24) is 34.8 Å². The maximum absolute atomic E-state index is 15.3. The number of aryl methyl sites for hydroxylation is 1. The molecule has 6 aromatic rings. The van der Waals surface area contributed by atoms with E-state index in [0.29, 0.717) is 38.4 Å². The van der Waals surface area contributed by atoms with Crippen LogP contribution in [0.2, 0.25) is 5.02 Å². The maximum Gasteiger partial charge on any atom is 0.293 e. The Morgan fingerprint density at radius 3 is 2.51 bits per heavy atom. The van der Waals surface area contributed by atoms with E-state index in [1.807, 2.05) is 0 Å². The molecule has 11 nitrogen and oxygen atoms in total. The SMILES string of the molecule is Cn1nc(NS(C)(=O)=O)c2c(Cl)ccc(-c3cc4cc[nH]c4nc3[C@H](Cc3cc(F)cc(F)c3)NC(=O)Cn3nc(C(F)F)c4c3C(F)(F)C3CC43)c21. The maximum atomic E-state index is 15.3. The van der Waals surface area contributed by atoms with E-state index in [1.165, 1.54) is 10.7 Å². The molecular weight excluding hydrogens is 750 g/mol. The van der Waals surface area contributed by atoms with Crippen LogP contribution in [0.3, 0.4) is 0 Å². The van der Waals surface area contributed by atoms with Crippen LogP contribution in [0.4, 0.5) is 32.2 Å². The number of aromatic amines is 1. The van der Waals surface area contributed by atoms with E-state index >= 15 is 8.78 Å². The summed E-state index contributed by atoms with van der Waals surface area (Å²) in [7, 11) is -2.24. The standard InChI is InChI=1S/C34H27ClF6N8O3S/c1-48-29-18(3-4-22(35)26(29)33(46-48)47-53(2,51)52)19-10-15-5-6-42-32(15)44-27(19)23(9-14-7-16(36)11-17(37)8-14)43-24(50)13-49-30-25(28(45-49)31(38)39)20-12-21(20)34(30,40)41/h3-8,10-11,20-21,23,31H,9,12-13H2,1-2H3,(H,42,44)(H,43,50)(H,46,47)/t20?,21?,23-/m0/s1. The molecule has 53 heavy (non-hydrogen) atoms. The molecule has 19 heteroatoms. The molecule has 1 saturated carbocycles.